The Balaban J connectivity index is 4.60. The number of esters is 2. The summed E-state index contributed by atoms with van der Waals surface area (Å²) >= 11 is 0. The van der Waals surface area contributed by atoms with E-state index < -0.39 is 14.6 Å². The number of hydrogen-bond acceptors (Lipinski definition) is 8. The highest BCUT2D eigenvalue weighted by Crippen LogP contribution is 2.46. The van der Waals surface area contributed by atoms with Gasteiger partial charge in [-0.15, -0.1) is 0 Å². The van der Waals surface area contributed by atoms with Gasteiger partial charge in [0.05, 0.1) is 25.7 Å². The molecular formula is C48H93N2O6P. The van der Waals surface area contributed by atoms with Crippen molar-refractivity contribution in [2.45, 2.75) is 272 Å². The Morgan fingerprint density at radius 2 is 0.860 bits per heavy atom. The van der Waals surface area contributed by atoms with Crippen LogP contribution in [0, 0.1) is 11.3 Å². The molecule has 2 atom stereocenters. The molecule has 0 aliphatic heterocycles. The second-order valence-corrected chi connectivity index (χ2v) is 18.5. The van der Waals surface area contributed by atoms with Gasteiger partial charge in [-0.3, -0.25) is 9.59 Å². The third-order valence-electron chi connectivity index (χ3n) is 10.7. The molecule has 336 valence electrons. The van der Waals surface area contributed by atoms with Crippen molar-refractivity contribution >= 4 is 20.5 Å². The lowest BCUT2D eigenvalue weighted by atomic mass is 10.0. The molecule has 0 saturated carbocycles. The van der Waals surface area contributed by atoms with Crippen LogP contribution in [-0.2, 0) is 28.1 Å². The van der Waals surface area contributed by atoms with Crippen LogP contribution in [0.2, 0.25) is 0 Å². The van der Waals surface area contributed by atoms with Crippen molar-refractivity contribution in [3.8, 4) is 6.07 Å². The van der Waals surface area contributed by atoms with E-state index in [4.69, 9.17) is 23.8 Å². The third-order valence-corrected chi connectivity index (χ3v) is 12.8. The van der Waals surface area contributed by atoms with E-state index in [1.165, 1.54) is 154 Å². The maximum atomic E-state index is 13.0. The van der Waals surface area contributed by atoms with Crippen molar-refractivity contribution in [1.29, 1.82) is 5.26 Å². The minimum absolute atomic E-state index is 0.0348. The maximum Gasteiger partial charge on any atom is 0.306 e. The highest BCUT2D eigenvalue weighted by molar-refractivity contribution is 7.44. The normalized spacial score (nSPS) is 12.7. The van der Waals surface area contributed by atoms with Crippen LogP contribution in [0.1, 0.15) is 253 Å². The summed E-state index contributed by atoms with van der Waals surface area (Å²) in [6, 6.07) is 2.43. The minimum Gasteiger partial charge on any atom is -0.462 e. The van der Waals surface area contributed by atoms with Gasteiger partial charge in [-0.05, 0) is 40.5 Å². The van der Waals surface area contributed by atoms with Gasteiger partial charge in [0, 0.05) is 24.9 Å². The van der Waals surface area contributed by atoms with Gasteiger partial charge in [0.2, 0.25) is 0 Å². The smallest absolute Gasteiger partial charge is 0.306 e. The van der Waals surface area contributed by atoms with Crippen molar-refractivity contribution in [2.75, 3.05) is 19.8 Å². The highest BCUT2D eigenvalue weighted by Gasteiger charge is 2.29. The van der Waals surface area contributed by atoms with Gasteiger partial charge in [-0.1, -0.05) is 194 Å². The lowest BCUT2D eigenvalue weighted by Crippen LogP contribution is -2.35. The molecule has 0 radical (unpaired) electrons. The molecule has 57 heavy (non-hydrogen) atoms. The van der Waals surface area contributed by atoms with Crippen molar-refractivity contribution in [3.63, 3.8) is 0 Å². The standard InChI is InChI=1S/C48H93N2O6P/c1-7-9-11-13-15-17-19-21-23-25-27-29-31-33-35-38-47(51)53-42-46(43-55-57(54-41-37-40-49)50(44(3)4)45(5)6)56-48(52)39-36-34-32-30-28-26-24-22-20-18-16-14-12-10-8-2/h44-46H,7-39,41-43H2,1-6H3/t46-,57?/m1/s1. The van der Waals surface area contributed by atoms with Crippen LogP contribution < -0.4 is 0 Å². The SMILES string of the molecule is CCCCCCCCCCCCCCCCCC(=O)OC[C@H](COP(OCCC#N)N(C(C)C)C(C)C)OC(=O)CCCCCCCCCCCCCCCCC. The third kappa shape index (κ3) is 37.5. The zero-order valence-corrected chi connectivity index (χ0v) is 39.4. The predicted octanol–water partition coefficient (Wildman–Crippen LogP) is 15.3. The molecule has 0 saturated heterocycles. The summed E-state index contributed by atoms with van der Waals surface area (Å²) in [5, 5.41) is 9.08. The number of unbranched alkanes of at least 4 members (excludes halogenated alkanes) is 28. The minimum atomic E-state index is -1.50. The van der Waals surface area contributed by atoms with Gasteiger partial charge in [-0.25, -0.2) is 4.67 Å². The summed E-state index contributed by atoms with van der Waals surface area (Å²) in [7, 11) is -1.50. The molecule has 0 aromatic heterocycles. The largest absolute Gasteiger partial charge is 0.462 e. The predicted molar refractivity (Wildman–Crippen MR) is 241 cm³/mol. The van der Waals surface area contributed by atoms with Gasteiger partial charge < -0.3 is 18.5 Å². The molecule has 0 aromatic carbocycles. The average molecular weight is 825 g/mol. The zero-order chi connectivity index (χ0) is 42.0. The van der Waals surface area contributed by atoms with E-state index in [1.807, 2.05) is 0 Å². The molecule has 1 unspecified atom stereocenters. The van der Waals surface area contributed by atoms with Crippen LogP contribution in [0.4, 0.5) is 0 Å². The Bertz CT molecular complexity index is 921. The van der Waals surface area contributed by atoms with E-state index in [0.717, 1.165) is 38.5 Å². The Labute approximate surface area is 355 Å². The van der Waals surface area contributed by atoms with Gasteiger partial charge in [0.25, 0.3) is 8.53 Å². The number of carbonyl (C=O) groups is 2. The van der Waals surface area contributed by atoms with E-state index in [1.54, 1.807) is 0 Å². The Kier molecular flexibility index (Phi) is 41.9. The first-order valence-electron chi connectivity index (χ1n) is 24.3. The molecule has 0 aliphatic rings. The number of nitrogens with zero attached hydrogens (tertiary/aromatic N) is 2. The van der Waals surface area contributed by atoms with Gasteiger partial charge in [0.15, 0.2) is 6.10 Å². The van der Waals surface area contributed by atoms with Gasteiger partial charge in [0.1, 0.15) is 6.61 Å². The topological polar surface area (TPSA) is 98.1 Å². The van der Waals surface area contributed by atoms with E-state index in [0.29, 0.717) is 12.8 Å². The van der Waals surface area contributed by atoms with E-state index in [2.05, 4.69) is 52.3 Å². The Morgan fingerprint density at radius 3 is 1.21 bits per heavy atom. The summed E-state index contributed by atoms with van der Waals surface area (Å²) < 4.78 is 26.0. The number of nitriles is 1. The van der Waals surface area contributed by atoms with Crippen molar-refractivity contribution in [3.05, 3.63) is 0 Å². The molecule has 0 N–H and O–H groups in total. The van der Waals surface area contributed by atoms with Crippen LogP contribution in [0.3, 0.4) is 0 Å². The van der Waals surface area contributed by atoms with Crippen LogP contribution >= 0.6 is 8.53 Å². The van der Waals surface area contributed by atoms with Crippen LogP contribution in [0.5, 0.6) is 0 Å². The molecular weight excluding hydrogens is 732 g/mol. The lowest BCUT2D eigenvalue weighted by Gasteiger charge is -2.36. The van der Waals surface area contributed by atoms with Crippen molar-refractivity contribution < 1.29 is 28.1 Å². The van der Waals surface area contributed by atoms with Crippen LogP contribution in [-0.4, -0.2) is 54.6 Å². The molecule has 0 aromatic rings. The van der Waals surface area contributed by atoms with Crippen molar-refractivity contribution in [1.82, 2.24) is 4.67 Å². The zero-order valence-electron chi connectivity index (χ0n) is 38.5. The Hall–Kier alpha value is -1.26. The first kappa shape index (κ1) is 55.7. The van der Waals surface area contributed by atoms with E-state index in [-0.39, 0.29) is 50.3 Å². The summed E-state index contributed by atoms with van der Waals surface area (Å²) in [5.74, 6) is -0.539. The quantitative estimate of drug-likeness (QED) is 0.0340. The molecule has 0 heterocycles. The highest BCUT2D eigenvalue weighted by atomic mass is 31.2. The number of rotatable bonds is 44. The first-order chi connectivity index (χ1) is 27.8. The molecule has 0 rings (SSSR count). The molecule has 0 bridgehead atoms. The van der Waals surface area contributed by atoms with Gasteiger partial charge >= 0.3 is 11.9 Å². The summed E-state index contributed by atoms with van der Waals surface area (Å²) in [6.45, 7) is 13.2. The number of ether oxygens (including phenoxy) is 2. The second-order valence-electron chi connectivity index (χ2n) is 17.0. The van der Waals surface area contributed by atoms with E-state index >= 15 is 0 Å². The molecule has 8 nitrogen and oxygen atoms in total. The first-order valence-corrected chi connectivity index (χ1v) is 25.5. The second kappa shape index (κ2) is 42.8. The monoisotopic (exact) mass is 825 g/mol. The van der Waals surface area contributed by atoms with Gasteiger partial charge in [-0.2, -0.15) is 5.26 Å². The number of carbonyl (C=O) groups excluding carboxylic acids is 2. The van der Waals surface area contributed by atoms with Crippen LogP contribution in [0.25, 0.3) is 0 Å². The fraction of sp³-hybridized carbons (Fsp3) is 0.938. The fourth-order valence-corrected chi connectivity index (χ4v) is 9.00. The maximum absolute atomic E-state index is 13.0. The fourth-order valence-electron chi connectivity index (χ4n) is 7.36. The summed E-state index contributed by atoms with van der Waals surface area (Å²) in [5.41, 5.74) is 0. The van der Waals surface area contributed by atoms with Crippen molar-refractivity contribution in [2.24, 2.45) is 0 Å². The molecule has 0 spiro atoms. The molecule has 0 amide bonds. The molecule has 0 aliphatic carbocycles. The van der Waals surface area contributed by atoms with E-state index in [9.17, 15) is 9.59 Å². The average Bonchev–Trinajstić information content (AvgIpc) is 3.18. The molecule has 0 fully saturated rings. The summed E-state index contributed by atoms with van der Waals surface area (Å²) in [6.07, 6.45) is 38.6. The number of hydrogen-bond donors (Lipinski definition) is 0. The lowest BCUT2D eigenvalue weighted by molar-refractivity contribution is -0.161. The Morgan fingerprint density at radius 1 is 0.509 bits per heavy atom. The van der Waals surface area contributed by atoms with Crippen LogP contribution in [0.15, 0.2) is 0 Å². The summed E-state index contributed by atoms with van der Waals surface area (Å²) in [4.78, 5) is 25.7. The molecule has 9 heteroatoms.